The smallest absolute Gasteiger partial charge is 0.307 e. The zero-order chi connectivity index (χ0) is 15.2. The number of halogens is 2. The Morgan fingerprint density at radius 2 is 2.00 bits per heavy atom. The van der Waals surface area contributed by atoms with Gasteiger partial charge in [-0.25, -0.2) is 0 Å². The molecule has 0 spiro atoms. The molecule has 0 radical (unpaired) electrons. The fourth-order valence-electron chi connectivity index (χ4n) is 2.46. The van der Waals surface area contributed by atoms with Crippen LogP contribution >= 0.6 is 24.0 Å². The summed E-state index contributed by atoms with van der Waals surface area (Å²) < 4.78 is 0. The molecule has 1 saturated heterocycles. The van der Waals surface area contributed by atoms with E-state index in [0.29, 0.717) is 24.5 Å². The Balaban J connectivity index is 0.00000242. The quantitative estimate of drug-likeness (QED) is 0.857. The summed E-state index contributed by atoms with van der Waals surface area (Å²) in [5.41, 5.74) is 0.981. The summed E-state index contributed by atoms with van der Waals surface area (Å²) in [6.07, 6.45) is 1.51. The SMILES string of the molecule is Cl.O=C(CN1CCCC(C(=O)O)C1)NCc1ccc(Cl)cc1. The first-order valence-corrected chi connectivity index (χ1v) is 7.38. The molecule has 1 amide bonds. The lowest BCUT2D eigenvalue weighted by Gasteiger charge is -2.29. The van der Waals surface area contributed by atoms with E-state index in [4.69, 9.17) is 16.7 Å². The van der Waals surface area contributed by atoms with Gasteiger partial charge in [0.2, 0.25) is 5.91 Å². The van der Waals surface area contributed by atoms with Crippen molar-refractivity contribution in [1.82, 2.24) is 10.2 Å². The Morgan fingerprint density at radius 1 is 1.32 bits per heavy atom. The number of benzene rings is 1. The van der Waals surface area contributed by atoms with Gasteiger partial charge in [-0.1, -0.05) is 23.7 Å². The molecule has 2 rings (SSSR count). The first kappa shape index (κ1) is 18.7. The van der Waals surface area contributed by atoms with Crippen LogP contribution in [0, 0.1) is 5.92 Å². The molecule has 5 nitrogen and oxygen atoms in total. The van der Waals surface area contributed by atoms with Gasteiger partial charge in [0, 0.05) is 18.1 Å². The zero-order valence-corrected chi connectivity index (χ0v) is 13.7. The highest BCUT2D eigenvalue weighted by atomic mass is 35.5. The topological polar surface area (TPSA) is 69.6 Å². The van der Waals surface area contributed by atoms with E-state index in [9.17, 15) is 9.59 Å². The van der Waals surface area contributed by atoms with E-state index >= 15 is 0 Å². The molecule has 0 aromatic heterocycles. The predicted molar refractivity (Wildman–Crippen MR) is 87.3 cm³/mol. The number of amides is 1. The van der Waals surface area contributed by atoms with Crippen LogP contribution in [0.3, 0.4) is 0 Å². The molecule has 1 aliphatic rings. The molecular weight excluding hydrogens is 327 g/mol. The van der Waals surface area contributed by atoms with Crippen LogP contribution in [0.4, 0.5) is 0 Å². The van der Waals surface area contributed by atoms with Crippen molar-refractivity contribution in [2.45, 2.75) is 19.4 Å². The van der Waals surface area contributed by atoms with Crippen LogP contribution in [0.2, 0.25) is 5.02 Å². The van der Waals surface area contributed by atoms with Crippen LogP contribution in [-0.4, -0.2) is 41.5 Å². The van der Waals surface area contributed by atoms with E-state index in [1.807, 2.05) is 17.0 Å². The number of hydrogen-bond acceptors (Lipinski definition) is 3. The third kappa shape index (κ3) is 5.83. The molecule has 1 atom stereocenters. The number of nitrogens with one attached hydrogen (secondary N) is 1. The maximum atomic E-state index is 11.9. The van der Waals surface area contributed by atoms with Gasteiger partial charge in [0.05, 0.1) is 12.5 Å². The Labute approximate surface area is 141 Å². The summed E-state index contributed by atoms with van der Waals surface area (Å²) in [4.78, 5) is 24.8. The van der Waals surface area contributed by atoms with Crippen molar-refractivity contribution in [1.29, 1.82) is 0 Å². The van der Waals surface area contributed by atoms with Crippen molar-refractivity contribution in [2.75, 3.05) is 19.6 Å². The molecule has 0 saturated carbocycles. The van der Waals surface area contributed by atoms with E-state index in [2.05, 4.69) is 5.32 Å². The molecule has 2 N–H and O–H groups in total. The van der Waals surface area contributed by atoms with Crippen molar-refractivity contribution >= 4 is 35.9 Å². The number of rotatable bonds is 5. The third-order valence-electron chi connectivity index (χ3n) is 3.62. The monoisotopic (exact) mass is 346 g/mol. The minimum atomic E-state index is -0.777. The Bertz CT molecular complexity index is 508. The molecule has 0 aliphatic carbocycles. The molecule has 1 aliphatic heterocycles. The van der Waals surface area contributed by atoms with E-state index in [0.717, 1.165) is 18.5 Å². The molecule has 1 fully saturated rings. The number of nitrogens with zero attached hydrogens (tertiary/aromatic N) is 1. The normalized spacial score (nSPS) is 18.3. The Morgan fingerprint density at radius 3 is 2.64 bits per heavy atom. The van der Waals surface area contributed by atoms with Gasteiger partial charge in [-0.2, -0.15) is 0 Å². The van der Waals surface area contributed by atoms with E-state index in [1.165, 1.54) is 0 Å². The first-order valence-electron chi connectivity index (χ1n) is 7.01. The van der Waals surface area contributed by atoms with E-state index in [1.54, 1.807) is 12.1 Å². The first-order chi connectivity index (χ1) is 10.0. The zero-order valence-electron chi connectivity index (χ0n) is 12.1. The van der Waals surface area contributed by atoms with Gasteiger partial charge >= 0.3 is 5.97 Å². The average Bonchev–Trinajstić information content (AvgIpc) is 2.47. The second-order valence-electron chi connectivity index (χ2n) is 5.32. The summed E-state index contributed by atoms with van der Waals surface area (Å²) in [6, 6.07) is 7.30. The van der Waals surface area contributed by atoms with Crippen LogP contribution in [0.5, 0.6) is 0 Å². The molecular formula is C15H20Cl2N2O3. The van der Waals surface area contributed by atoms with Crippen molar-refractivity contribution in [2.24, 2.45) is 5.92 Å². The van der Waals surface area contributed by atoms with E-state index in [-0.39, 0.29) is 30.8 Å². The number of aliphatic carboxylic acids is 1. The van der Waals surface area contributed by atoms with Gasteiger partial charge in [-0.05, 0) is 37.1 Å². The highest BCUT2D eigenvalue weighted by Gasteiger charge is 2.26. The molecule has 122 valence electrons. The number of carbonyl (C=O) groups excluding carboxylic acids is 1. The molecule has 1 heterocycles. The summed E-state index contributed by atoms with van der Waals surface area (Å²) in [6.45, 7) is 1.92. The summed E-state index contributed by atoms with van der Waals surface area (Å²) in [5, 5.41) is 12.5. The highest BCUT2D eigenvalue weighted by Crippen LogP contribution is 2.16. The maximum absolute atomic E-state index is 11.9. The van der Waals surface area contributed by atoms with Gasteiger partial charge in [0.1, 0.15) is 0 Å². The highest BCUT2D eigenvalue weighted by molar-refractivity contribution is 6.30. The van der Waals surface area contributed by atoms with Crippen molar-refractivity contribution in [3.63, 3.8) is 0 Å². The standard InChI is InChI=1S/C15H19ClN2O3.ClH/c16-13-5-3-11(4-6-13)8-17-14(19)10-18-7-1-2-12(9-18)15(20)21;/h3-6,12H,1-2,7-10H2,(H,17,19)(H,20,21);1H. The number of hydrogen-bond donors (Lipinski definition) is 2. The average molecular weight is 347 g/mol. The van der Waals surface area contributed by atoms with Crippen LogP contribution in [0.15, 0.2) is 24.3 Å². The van der Waals surface area contributed by atoms with Crippen molar-refractivity contribution in [3.05, 3.63) is 34.9 Å². The third-order valence-corrected chi connectivity index (χ3v) is 3.88. The van der Waals surface area contributed by atoms with Crippen molar-refractivity contribution < 1.29 is 14.7 Å². The van der Waals surface area contributed by atoms with Crippen molar-refractivity contribution in [3.8, 4) is 0 Å². The largest absolute Gasteiger partial charge is 0.481 e. The molecule has 1 aromatic carbocycles. The second-order valence-corrected chi connectivity index (χ2v) is 5.75. The van der Waals surface area contributed by atoms with Crippen LogP contribution in [0.1, 0.15) is 18.4 Å². The Kier molecular flexibility index (Phi) is 7.65. The van der Waals surface area contributed by atoms with Gasteiger partial charge in [-0.15, -0.1) is 12.4 Å². The van der Waals surface area contributed by atoms with Gasteiger partial charge in [-0.3, -0.25) is 14.5 Å². The summed E-state index contributed by atoms with van der Waals surface area (Å²) in [7, 11) is 0. The van der Waals surface area contributed by atoms with Crippen LogP contribution in [-0.2, 0) is 16.1 Å². The second kappa shape index (κ2) is 8.98. The lowest BCUT2D eigenvalue weighted by Crippen LogP contribution is -2.44. The van der Waals surface area contributed by atoms with Crippen LogP contribution < -0.4 is 5.32 Å². The van der Waals surface area contributed by atoms with Gasteiger partial charge in [0.25, 0.3) is 0 Å². The Hall–Kier alpha value is -1.30. The fraction of sp³-hybridized carbons (Fsp3) is 0.467. The number of piperidine rings is 1. The summed E-state index contributed by atoms with van der Waals surface area (Å²) >= 11 is 5.80. The molecule has 1 unspecified atom stereocenters. The minimum Gasteiger partial charge on any atom is -0.481 e. The number of carboxylic acids is 1. The number of carboxylic acid groups (broad SMARTS) is 1. The molecule has 22 heavy (non-hydrogen) atoms. The number of carbonyl (C=O) groups is 2. The molecule has 0 bridgehead atoms. The van der Waals surface area contributed by atoms with Crippen LogP contribution in [0.25, 0.3) is 0 Å². The number of likely N-dealkylation sites (tertiary alicyclic amines) is 1. The molecule has 1 aromatic rings. The van der Waals surface area contributed by atoms with Gasteiger partial charge < -0.3 is 10.4 Å². The molecule has 7 heteroatoms. The lowest BCUT2D eigenvalue weighted by atomic mass is 9.98. The lowest BCUT2D eigenvalue weighted by molar-refractivity contribution is -0.144. The van der Waals surface area contributed by atoms with E-state index < -0.39 is 5.97 Å². The van der Waals surface area contributed by atoms with Gasteiger partial charge in [0.15, 0.2) is 0 Å². The minimum absolute atomic E-state index is 0. The summed E-state index contributed by atoms with van der Waals surface area (Å²) in [5.74, 6) is -1.22. The predicted octanol–water partition coefficient (Wildman–Crippen LogP) is 2.17. The maximum Gasteiger partial charge on any atom is 0.307 e. The fourth-order valence-corrected chi connectivity index (χ4v) is 2.59.